The van der Waals surface area contributed by atoms with Crippen LogP contribution in [0, 0.1) is 11.3 Å². The van der Waals surface area contributed by atoms with E-state index in [9.17, 15) is 10.1 Å². The highest BCUT2D eigenvalue weighted by Gasteiger charge is 2.14. The number of halogens is 4. The van der Waals surface area contributed by atoms with E-state index in [-0.39, 0.29) is 5.57 Å². The quantitative estimate of drug-likeness (QED) is 0.318. The summed E-state index contributed by atoms with van der Waals surface area (Å²) >= 11 is 25.5. The van der Waals surface area contributed by atoms with Gasteiger partial charge in [0, 0.05) is 37.6 Å². The molecule has 1 N–H and O–H groups in total. The van der Waals surface area contributed by atoms with E-state index in [1.165, 1.54) is 23.5 Å². The first kappa shape index (κ1) is 21.6. The summed E-state index contributed by atoms with van der Waals surface area (Å²) in [5, 5.41) is 14.3. The number of benzene rings is 2. The Morgan fingerprint density at radius 2 is 1.83 bits per heavy atom. The zero-order chi connectivity index (χ0) is 21.0. The fourth-order valence-electron chi connectivity index (χ4n) is 2.40. The average molecular weight is 483 g/mol. The number of aromatic nitrogens is 1. The van der Waals surface area contributed by atoms with Crippen molar-refractivity contribution in [3.05, 3.63) is 84.3 Å². The lowest BCUT2D eigenvalue weighted by molar-refractivity contribution is -0.112. The van der Waals surface area contributed by atoms with Gasteiger partial charge < -0.3 is 0 Å². The van der Waals surface area contributed by atoms with Crippen LogP contribution in [0.15, 0.2) is 48.2 Å². The second-order valence-corrected chi connectivity index (χ2v) is 8.64. The van der Waals surface area contributed by atoms with Crippen LogP contribution in [0.5, 0.6) is 0 Å². The highest BCUT2D eigenvalue weighted by molar-refractivity contribution is 7.15. The third kappa shape index (κ3) is 5.72. The van der Waals surface area contributed by atoms with Crippen molar-refractivity contribution in [3.63, 3.8) is 0 Å². The average Bonchev–Trinajstić information content (AvgIpc) is 3.11. The molecule has 9 heteroatoms. The Bertz CT molecular complexity index is 1150. The molecule has 146 valence electrons. The summed E-state index contributed by atoms with van der Waals surface area (Å²) < 4.78 is 0. The van der Waals surface area contributed by atoms with Gasteiger partial charge in [-0.3, -0.25) is 10.1 Å². The maximum atomic E-state index is 12.4. The van der Waals surface area contributed by atoms with E-state index >= 15 is 0 Å². The molecule has 0 saturated heterocycles. The van der Waals surface area contributed by atoms with Gasteiger partial charge in [0.25, 0.3) is 5.91 Å². The molecule has 0 fully saturated rings. The Kier molecular flexibility index (Phi) is 7.18. The Morgan fingerprint density at radius 3 is 2.55 bits per heavy atom. The number of rotatable bonds is 5. The van der Waals surface area contributed by atoms with Gasteiger partial charge in [-0.05, 0) is 47.5 Å². The second-order valence-electron chi connectivity index (χ2n) is 5.83. The van der Waals surface area contributed by atoms with E-state index < -0.39 is 5.91 Å². The fourth-order valence-corrected chi connectivity index (χ4v) is 4.07. The van der Waals surface area contributed by atoms with Crippen molar-refractivity contribution >= 4 is 74.9 Å². The van der Waals surface area contributed by atoms with Crippen molar-refractivity contribution in [1.82, 2.24) is 4.98 Å². The van der Waals surface area contributed by atoms with E-state index in [2.05, 4.69) is 10.3 Å². The number of hydrogen-bond acceptors (Lipinski definition) is 4. The van der Waals surface area contributed by atoms with Gasteiger partial charge in [-0.25, -0.2) is 4.98 Å². The molecule has 0 saturated carbocycles. The second kappa shape index (κ2) is 9.62. The van der Waals surface area contributed by atoms with Crippen LogP contribution in [0.1, 0.15) is 16.0 Å². The number of amides is 1. The normalized spacial score (nSPS) is 11.2. The molecule has 3 aromatic rings. The molecule has 0 aliphatic rings. The standard InChI is InChI=1S/C20H11Cl4N3OS/c21-14-3-4-17(23)12(6-14)7-16-10-26-20(29-16)27-19(28)13(9-25)5-11-1-2-15(22)8-18(11)24/h1-6,8,10H,7H2,(H,26,27,28). The molecule has 0 bridgehead atoms. The molecule has 2 aromatic carbocycles. The largest absolute Gasteiger partial charge is 0.297 e. The number of nitriles is 1. The van der Waals surface area contributed by atoms with Gasteiger partial charge in [0.2, 0.25) is 0 Å². The number of carbonyl (C=O) groups excluding carboxylic acids is 1. The van der Waals surface area contributed by atoms with Gasteiger partial charge in [0.15, 0.2) is 5.13 Å². The van der Waals surface area contributed by atoms with Crippen molar-refractivity contribution in [2.45, 2.75) is 6.42 Å². The Morgan fingerprint density at radius 1 is 1.10 bits per heavy atom. The lowest BCUT2D eigenvalue weighted by atomic mass is 10.1. The van der Waals surface area contributed by atoms with Crippen LogP contribution in [0.4, 0.5) is 5.13 Å². The molecule has 0 aliphatic carbocycles. The summed E-state index contributed by atoms with van der Waals surface area (Å²) in [6, 6.07) is 11.9. The van der Waals surface area contributed by atoms with E-state index in [4.69, 9.17) is 46.4 Å². The molecule has 0 atom stereocenters. The van der Waals surface area contributed by atoms with Crippen molar-refractivity contribution in [2.75, 3.05) is 5.32 Å². The van der Waals surface area contributed by atoms with Crippen LogP contribution in [-0.4, -0.2) is 10.9 Å². The number of carbonyl (C=O) groups is 1. The number of anilines is 1. The van der Waals surface area contributed by atoms with Crippen LogP contribution in [0.2, 0.25) is 20.1 Å². The summed E-state index contributed by atoms with van der Waals surface area (Å²) in [6.45, 7) is 0. The number of thiazole rings is 1. The first-order valence-corrected chi connectivity index (χ1v) is 10.5. The van der Waals surface area contributed by atoms with Crippen molar-refractivity contribution in [1.29, 1.82) is 5.26 Å². The summed E-state index contributed by atoms with van der Waals surface area (Å²) in [7, 11) is 0. The minimum absolute atomic E-state index is 0.108. The highest BCUT2D eigenvalue weighted by Crippen LogP contribution is 2.27. The minimum atomic E-state index is -0.583. The molecule has 0 radical (unpaired) electrons. The first-order chi connectivity index (χ1) is 13.9. The Labute approximate surface area is 191 Å². The molecule has 4 nitrogen and oxygen atoms in total. The predicted molar refractivity (Wildman–Crippen MR) is 120 cm³/mol. The first-order valence-electron chi connectivity index (χ1n) is 8.12. The van der Waals surface area contributed by atoms with Crippen LogP contribution in [0.3, 0.4) is 0 Å². The third-order valence-electron chi connectivity index (χ3n) is 3.77. The van der Waals surface area contributed by atoms with E-state index in [1.807, 2.05) is 6.07 Å². The molecule has 1 aromatic heterocycles. The molecular weight excluding hydrogens is 472 g/mol. The summed E-state index contributed by atoms with van der Waals surface area (Å²) in [5.41, 5.74) is 1.26. The van der Waals surface area contributed by atoms with Crippen LogP contribution in [-0.2, 0) is 11.2 Å². The van der Waals surface area contributed by atoms with Crippen molar-refractivity contribution in [3.8, 4) is 6.07 Å². The zero-order valence-corrected chi connectivity index (χ0v) is 18.4. The van der Waals surface area contributed by atoms with E-state index in [0.29, 0.717) is 37.2 Å². The lowest BCUT2D eigenvalue weighted by Crippen LogP contribution is -2.13. The smallest absolute Gasteiger partial charge is 0.268 e. The monoisotopic (exact) mass is 481 g/mol. The Balaban J connectivity index is 1.74. The van der Waals surface area contributed by atoms with E-state index in [1.54, 1.807) is 36.5 Å². The van der Waals surface area contributed by atoms with Crippen LogP contribution in [0.25, 0.3) is 6.08 Å². The van der Waals surface area contributed by atoms with E-state index in [0.717, 1.165) is 10.4 Å². The lowest BCUT2D eigenvalue weighted by Gasteiger charge is -2.03. The van der Waals surface area contributed by atoms with Crippen molar-refractivity contribution < 1.29 is 4.79 Å². The fraction of sp³-hybridized carbons (Fsp3) is 0.0500. The zero-order valence-electron chi connectivity index (χ0n) is 14.5. The number of hydrogen-bond donors (Lipinski definition) is 1. The number of nitrogens with zero attached hydrogens (tertiary/aromatic N) is 2. The van der Waals surface area contributed by atoms with Gasteiger partial charge in [-0.1, -0.05) is 52.5 Å². The highest BCUT2D eigenvalue weighted by atomic mass is 35.5. The molecule has 29 heavy (non-hydrogen) atoms. The maximum Gasteiger partial charge on any atom is 0.268 e. The van der Waals surface area contributed by atoms with Crippen molar-refractivity contribution in [2.24, 2.45) is 0 Å². The molecule has 3 rings (SSSR count). The van der Waals surface area contributed by atoms with Gasteiger partial charge in [-0.2, -0.15) is 5.26 Å². The topological polar surface area (TPSA) is 65.8 Å². The van der Waals surface area contributed by atoms with Gasteiger partial charge in [0.05, 0.1) is 0 Å². The molecule has 0 spiro atoms. The molecule has 1 amide bonds. The third-order valence-corrected chi connectivity index (χ3v) is 5.85. The summed E-state index contributed by atoms with van der Waals surface area (Å²) in [4.78, 5) is 17.5. The van der Waals surface area contributed by atoms with Gasteiger partial charge in [0.1, 0.15) is 11.6 Å². The van der Waals surface area contributed by atoms with Gasteiger partial charge in [-0.15, -0.1) is 11.3 Å². The maximum absolute atomic E-state index is 12.4. The predicted octanol–water partition coefficient (Wildman–Crippen LogP) is 6.89. The SMILES string of the molecule is N#CC(=Cc1ccc(Cl)cc1Cl)C(=O)Nc1ncc(Cc2cc(Cl)ccc2Cl)s1. The van der Waals surface area contributed by atoms with Gasteiger partial charge >= 0.3 is 0 Å². The molecule has 1 heterocycles. The molecule has 0 unspecified atom stereocenters. The molecule has 0 aliphatic heterocycles. The summed E-state index contributed by atoms with van der Waals surface area (Å²) in [6.07, 6.45) is 3.56. The van der Waals surface area contributed by atoms with Crippen LogP contribution >= 0.6 is 57.7 Å². The Hall–Kier alpha value is -2.07. The summed E-state index contributed by atoms with van der Waals surface area (Å²) in [5.74, 6) is -0.583. The molecular formula is C20H11Cl4N3OS. The number of nitrogens with one attached hydrogen (secondary N) is 1. The minimum Gasteiger partial charge on any atom is -0.297 e. The van der Waals surface area contributed by atoms with Crippen LogP contribution < -0.4 is 5.32 Å².